The number of hydrogen-bond donors (Lipinski definition) is 0. The normalized spacial score (nSPS) is 17.8. The van der Waals surface area contributed by atoms with E-state index in [1.54, 1.807) is 24.3 Å². The molecule has 1 aliphatic heterocycles. The van der Waals surface area contributed by atoms with Gasteiger partial charge in [0.15, 0.2) is 0 Å². The van der Waals surface area contributed by atoms with E-state index in [1.165, 1.54) is 18.2 Å². The Hall–Kier alpha value is -2.58. The van der Waals surface area contributed by atoms with Crippen molar-refractivity contribution in [2.75, 3.05) is 26.2 Å². The van der Waals surface area contributed by atoms with Gasteiger partial charge < -0.3 is 14.2 Å². The summed E-state index contributed by atoms with van der Waals surface area (Å²) in [5, 5.41) is 0. The average molecular weight is 451 g/mol. The first kappa shape index (κ1) is 24.1. The molecule has 2 aromatic rings. The highest BCUT2D eigenvalue weighted by atomic mass is 19.4. The molecule has 0 amide bonds. The molecule has 1 fully saturated rings. The summed E-state index contributed by atoms with van der Waals surface area (Å²) in [6.07, 6.45) is -4.39. The van der Waals surface area contributed by atoms with Gasteiger partial charge in [-0.15, -0.1) is 0 Å². The van der Waals surface area contributed by atoms with Crippen LogP contribution in [0.2, 0.25) is 0 Å². The Morgan fingerprint density at radius 2 is 1.78 bits per heavy atom. The van der Waals surface area contributed by atoms with E-state index >= 15 is 0 Å². The van der Waals surface area contributed by atoms with Crippen LogP contribution in [0, 0.1) is 0 Å². The molecule has 2 aromatic carbocycles. The Labute approximate surface area is 186 Å². The van der Waals surface area contributed by atoms with E-state index in [0.29, 0.717) is 38.4 Å². The second-order valence-corrected chi connectivity index (χ2v) is 8.66. The molecule has 1 aliphatic rings. The Kier molecular flexibility index (Phi) is 7.46. The summed E-state index contributed by atoms with van der Waals surface area (Å²) in [7, 11) is 0. The third-order valence-corrected chi connectivity index (χ3v) is 4.87. The van der Waals surface area contributed by atoms with Crippen LogP contribution in [0.5, 0.6) is 11.5 Å². The number of nitrogens with zero attached hydrogens (tertiary/aromatic N) is 1. The fourth-order valence-electron chi connectivity index (χ4n) is 3.42. The number of benzene rings is 2. The van der Waals surface area contributed by atoms with Crippen LogP contribution in [0.25, 0.3) is 0 Å². The Morgan fingerprint density at radius 1 is 1.09 bits per heavy atom. The molecule has 0 saturated carbocycles. The molecule has 0 bridgehead atoms. The highest BCUT2D eigenvalue weighted by molar-refractivity contribution is 5.70. The Bertz CT molecular complexity index is 907. The molecule has 0 aliphatic carbocycles. The van der Waals surface area contributed by atoms with Gasteiger partial charge in [-0.25, -0.2) is 0 Å². The zero-order valence-electron chi connectivity index (χ0n) is 18.4. The SMILES string of the molecule is CC(C)(C)OC(=O)CCN1CCOC(c2ccc(Oc3ccccc3C(F)(F)F)cc2)C1. The van der Waals surface area contributed by atoms with E-state index < -0.39 is 17.3 Å². The largest absolute Gasteiger partial charge is 0.460 e. The molecular weight excluding hydrogens is 423 g/mol. The second kappa shape index (κ2) is 9.92. The van der Waals surface area contributed by atoms with E-state index in [2.05, 4.69) is 4.90 Å². The minimum Gasteiger partial charge on any atom is -0.460 e. The van der Waals surface area contributed by atoms with E-state index in [4.69, 9.17) is 14.2 Å². The zero-order chi connectivity index (χ0) is 23.4. The fourth-order valence-corrected chi connectivity index (χ4v) is 3.42. The molecule has 1 atom stereocenters. The van der Waals surface area contributed by atoms with E-state index in [9.17, 15) is 18.0 Å². The van der Waals surface area contributed by atoms with Gasteiger partial charge in [0.05, 0.1) is 24.7 Å². The third-order valence-electron chi connectivity index (χ3n) is 4.87. The van der Waals surface area contributed by atoms with Gasteiger partial charge in [0.25, 0.3) is 0 Å². The van der Waals surface area contributed by atoms with Crippen LogP contribution >= 0.6 is 0 Å². The highest BCUT2D eigenvalue weighted by Gasteiger charge is 2.34. The van der Waals surface area contributed by atoms with Gasteiger partial charge in [-0.2, -0.15) is 13.2 Å². The first-order chi connectivity index (χ1) is 15.0. The number of hydrogen-bond acceptors (Lipinski definition) is 5. The fraction of sp³-hybridized carbons (Fsp3) is 0.458. The van der Waals surface area contributed by atoms with Crippen LogP contribution in [0.4, 0.5) is 13.2 Å². The molecule has 174 valence electrons. The van der Waals surface area contributed by atoms with Crippen LogP contribution < -0.4 is 4.74 Å². The molecular formula is C24H28F3NO4. The monoisotopic (exact) mass is 451 g/mol. The number of carbonyl (C=O) groups is 1. The summed E-state index contributed by atoms with van der Waals surface area (Å²) in [6, 6.07) is 11.9. The maximum absolute atomic E-state index is 13.2. The molecule has 0 aromatic heterocycles. The lowest BCUT2D eigenvalue weighted by atomic mass is 10.1. The van der Waals surface area contributed by atoms with Crippen molar-refractivity contribution in [1.82, 2.24) is 4.90 Å². The van der Waals surface area contributed by atoms with Crippen molar-refractivity contribution in [3.63, 3.8) is 0 Å². The van der Waals surface area contributed by atoms with Crippen molar-refractivity contribution >= 4 is 5.97 Å². The van der Waals surface area contributed by atoms with E-state index in [-0.39, 0.29) is 17.8 Å². The van der Waals surface area contributed by atoms with Gasteiger partial charge in [0, 0.05) is 19.6 Å². The van der Waals surface area contributed by atoms with Crippen molar-refractivity contribution in [2.45, 2.75) is 45.1 Å². The van der Waals surface area contributed by atoms with Crippen LogP contribution in [0.15, 0.2) is 48.5 Å². The van der Waals surface area contributed by atoms with Gasteiger partial charge in [-0.1, -0.05) is 24.3 Å². The first-order valence-electron chi connectivity index (χ1n) is 10.5. The van der Waals surface area contributed by atoms with Gasteiger partial charge in [0.1, 0.15) is 17.1 Å². The zero-order valence-corrected chi connectivity index (χ0v) is 18.4. The lowest BCUT2D eigenvalue weighted by Gasteiger charge is -2.33. The number of alkyl halides is 3. The lowest BCUT2D eigenvalue weighted by molar-refractivity contribution is -0.155. The molecule has 0 radical (unpaired) electrons. The molecule has 8 heteroatoms. The Balaban J connectivity index is 1.58. The number of carbonyl (C=O) groups excluding carboxylic acids is 1. The van der Waals surface area contributed by atoms with E-state index in [0.717, 1.165) is 11.6 Å². The van der Waals surface area contributed by atoms with Crippen molar-refractivity contribution < 1.29 is 32.2 Å². The molecule has 0 spiro atoms. The minimum atomic E-state index is -4.49. The standard InChI is InChI=1S/C24H28F3NO4/c1-23(2,3)32-22(29)12-13-28-14-15-30-21(16-28)17-8-10-18(11-9-17)31-20-7-5-4-6-19(20)24(25,26)27/h4-11,21H,12-16H2,1-3H3. The Morgan fingerprint density at radius 3 is 2.44 bits per heavy atom. The number of halogens is 3. The summed E-state index contributed by atoms with van der Waals surface area (Å²) in [6.45, 7) is 7.94. The molecule has 1 unspecified atom stereocenters. The molecule has 3 rings (SSSR count). The van der Waals surface area contributed by atoms with Gasteiger partial charge >= 0.3 is 12.1 Å². The topological polar surface area (TPSA) is 48.0 Å². The van der Waals surface area contributed by atoms with Crippen LogP contribution in [-0.2, 0) is 20.4 Å². The summed E-state index contributed by atoms with van der Waals surface area (Å²) >= 11 is 0. The lowest BCUT2D eigenvalue weighted by Crippen LogP contribution is -2.39. The molecule has 1 heterocycles. The third kappa shape index (κ3) is 6.97. The van der Waals surface area contributed by atoms with Crippen molar-refractivity contribution in [3.8, 4) is 11.5 Å². The maximum Gasteiger partial charge on any atom is 0.419 e. The predicted octanol–water partition coefficient (Wildman–Crippen LogP) is 5.60. The minimum absolute atomic E-state index is 0.195. The van der Waals surface area contributed by atoms with Gasteiger partial charge in [-0.3, -0.25) is 9.69 Å². The van der Waals surface area contributed by atoms with Crippen molar-refractivity contribution in [1.29, 1.82) is 0 Å². The number of rotatable bonds is 6. The highest BCUT2D eigenvalue weighted by Crippen LogP contribution is 2.38. The summed E-state index contributed by atoms with van der Waals surface area (Å²) in [4.78, 5) is 14.1. The predicted molar refractivity (Wildman–Crippen MR) is 114 cm³/mol. The first-order valence-corrected chi connectivity index (χ1v) is 10.5. The number of para-hydroxylation sites is 1. The summed E-state index contributed by atoms with van der Waals surface area (Å²) in [5.41, 5.74) is -0.432. The molecule has 0 N–H and O–H groups in total. The number of morpholine rings is 1. The molecule has 5 nitrogen and oxygen atoms in total. The van der Waals surface area contributed by atoms with Crippen LogP contribution in [0.3, 0.4) is 0 Å². The van der Waals surface area contributed by atoms with Crippen molar-refractivity contribution in [2.24, 2.45) is 0 Å². The average Bonchev–Trinajstić information content (AvgIpc) is 2.71. The van der Waals surface area contributed by atoms with E-state index in [1.807, 2.05) is 20.8 Å². The van der Waals surface area contributed by atoms with Gasteiger partial charge in [0.2, 0.25) is 0 Å². The summed E-state index contributed by atoms with van der Waals surface area (Å²) in [5.74, 6) is -0.167. The quantitative estimate of drug-likeness (QED) is 0.535. The maximum atomic E-state index is 13.2. The molecule has 32 heavy (non-hydrogen) atoms. The summed E-state index contributed by atoms with van der Waals surface area (Å²) < 4.78 is 56.2. The van der Waals surface area contributed by atoms with Crippen molar-refractivity contribution in [3.05, 3.63) is 59.7 Å². The van der Waals surface area contributed by atoms with Crippen LogP contribution in [-0.4, -0.2) is 42.7 Å². The number of ether oxygens (including phenoxy) is 3. The second-order valence-electron chi connectivity index (χ2n) is 8.66. The van der Waals surface area contributed by atoms with Crippen LogP contribution in [0.1, 0.15) is 44.4 Å². The van der Waals surface area contributed by atoms with Gasteiger partial charge in [-0.05, 0) is 50.6 Å². The molecule has 1 saturated heterocycles. The smallest absolute Gasteiger partial charge is 0.419 e. The number of esters is 1.